The van der Waals surface area contributed by atoms with E-state index in [2.05, 4.69) is 0 Å². The number of hydrogen-bond acceptors (Lipinski definition) is 8. The third kappa shape index (κ3) is 7.18. The summed E-state index contributed by atoms with van der Waals surface area (Å²) in [7, 11) is 1.43. The van der Waals surface area contributed by atoms with Gasteiger partial charge in [0, 0.05) is 12.5 Å². The molecular formula is C27H30O8. The molecule has 0 saturated heterocycles. The van der Waals surface area contributed by atoms with Crippen molar-refractivity contribution >= 4 is 18.0 Å². The highest BCUT2D eigenvalue weighted by atomic mass is 16.6. The number of carbonyl (C=O) groups is 2. The molecule has 8 heteroatoms. The molecule has 3 rings (SSSR count). The number of aliphatic hydroxyl groups excluding tert-OH is 2. The van der Waals surface area contributed by atoms with Gasteiger partial charge in [0.1, 0.15) is 29.3 Å². The van der Waals surface area contributed by atoms with Crippen molar-refractivity contribution in [3.63, 3.8) is 0 Å². The van der Waals surface area contributed by atoms with Crippen LogP contribution in [-0.4, -0.2) is 58.8 Å². The molecular weight excluding hydrogens is 452 g/mol. The number of cyclic esters (lactones) is 1. The van der Waals surface area contributed by atoms with Gasteiger partial charge in [-0.25, -0.2) is 4.79 Å². The summed E-state index contributed by atoms with van der Waals surface area (Å²) in [5.74, 6) is -1.26. The van der Waals surface area contributed by atoms with Crippen LogP contribution in [0, 0.1) is 0 Å². The number of aromatic hydroxyl groups is 1. The van der Waals surface area contributed by atoms with Gasteiger partial charge in [-0.3, -0.25) is 4.79 Å². The van der Waals surface area contributed by atoms with Crippen LogP contribution in [0.2, 0.25) is 0 Å². The summed E-state index contributed by atoms with van der Waals surface area (Å²) in [6.45, 7) is 1.67. The maximum Gasteiger partial charge on any atom is 0.342 e. The fraction of sp³-hybridized carbons (Fsp3) is 0.333. The van der Waals surface area contributed by atoms with E-state index >= 15 is 0 Å². The minimum absolute atomic E-state index is 0.00293. The van der Waals surface area contributed by atoms with E-state index in [1.165, 1.54) is 25.3 Å². The average Bonchev–Trinajstić information content (AvgIpc) is 2.82. The van der Waals surface area contributed by atoms with Crippen LogP contribution in [0.5, 0.6) is 11.5 Å². The third-order valence-corrected chi connectivity index (χ3v) is 5.52. The standard InChI is InChI=1S/C27H30O8/c1-17-8-6-12-21(28)26(35-24(31)14-18-9-4-3-5-10-18)22(29)13-7-11-19-15-20(33-2)16-23(30)25(19)27(32)34-17/h3-7,9-12,15-17,21-22,26,28-30H,8,13-14H2,1-2H3/b11-7?,12-6+/t17-,21-,22-,26+/m0/s1. The molecule has 0 amide bonds. The molecule has 3 N–H and O–H groups in total. The van der Waals surface area contributed by atoms with E-state index < -0.39 is 36.4 Å². The van der Waals surface area contributed by atoms with Crippen LogP contribution >= 0.6 is 0 Å². The lowest BCUT2D eigenvalue weighted by Gasteiger charge is -2.26. The van der Waals surface area contributed by atoms with Crippen LogP contribution in [0.4, 0.5) is 0 Å². The van der Waals surface area contributed by atoms with Gasteiger partial charge >= 0.3 is 11.9 Å². The van der Waals surface area contributed by atoms with Crippen molar-refractivity contribution in [1.82, 2.24) is 0 Å². The predicted octanol–water partition coefficient (Wildman–Crippen LogP) is 3.19. The molecule has 8 nitrogen and oxygen atoms in total. The lowest BCUT2D eigenvalue weighted by molar-refractivity contribution is -0.161. The largest absolute Gasteiger partial charge is 0.507 e. The Hall–Kier alpha value is -3.62. The maximum atomic E-state index is 12.7. The van der Waals surface area contributed by atoms with E-state index in [0.29, 0.717) is 11.3 Å². The summed E-state index contributed by atoms with van der Waals surface area (Å²) in [5, 5.41) is 31.9. The molecule has 1 heterocycles. The molecule has 0 aromatic heterocycles. The van der Waals surface area contributed by atoms with Crippen LogP contribution in [0.25, 0.3) is 6.08 Å². The average molecular weight is 483 g/mol. The number of methoxy groups -OCH3 is 1. The Morgan fingerprint density at radius 1 is 1.11 bits per heavy atom. The molecule has 35 heavy (non-hydrogen) atoms. The summed E-state index contributed by atoms with van der Waals surface area (Å²) < 4.78 is 16.1. The summed E-state index contributed by atoms with van der Waals surface area (Å²) in [6, 6.07) is 11.9. The van der Waals surface area contributed by atoms with E-state index in [9.17, 15) is 24.9 Å². The molecule has 0 bridgehead atoms. The van der Waals surface area contributed by atoms with Crippen LogP contribution in [0.15, 0.2) is 60.7 Å². The number of fused-ring (bicyclic) bond motifs is 1. The highest BCUT2D eigenvalue weighted by molar-refractivity contribution is 5.97. The van der Waals surface area contributed by atoms with Gasteiger partial charge in [-0.2, -0.15) is 0 Å². The van der Waals surface area contributed by atoms with E-state index in [1.807, 2.05) is 6.07 Å². The fourth-order valence-corrected chi connectivity index (χ4v) is 3.70. The minimum atomic E-state index is -1.28. The molecule has 4 atom stereocenters. The van der Waals surface area contributed by atoms with Crippen molar-refractivity contribution in [1.29, 1.82) is 0 Å². The molecule has 1 aliphatic heterocycles. The molecule has 0 radical (unpaired) electrons. The van der Waals surface area contributed by atoms with Crippen molar-refractivity contribution in [2.24, 2.45) is 0 Å². The second-order valence-corrected chi connectivity index (χ2v) is 8.30. The van der Waals surface area contributed by atoms with E-state index in [4.69, 9.17) is 14.2 Å². The van der Waals surface area contributed by atoms with Crippen molar-refractivity contribution in [3.8, 4) is 11.5 Å². The zero-order valence-electron chi connectivity index (χ0n) is 19.7. The van der Waals surface area contributed by atoms with Gasteiger partial charge in [-0.15, -0.1) is 0 Å². The van der Waals surface area contributed by atoms with Gasteiger partial charge in [-0.05, 0) is 30.5 Å². The first-order valence-corrected chi connectivity index (χ1v) is 11.3. The Kier molecular flexibility index (Phi) is 9.05. The van der Waals surface area contributed by atoms with Crippen LogP contribution in [0.1, 0.15) is 41.3 Å². The fourth-order valence-electron chi connectivity index (χ4n) is 3.70. The lowest BCUT2D eigenvalue weighted by Crippen LogP contribution is -2.40. The molecule has 186 valence electrons. The number of rotatable bonds is 4. The number of aliphatic hydroxyl groups is 2. The quantitative estimate of drug-likeness (QED) is 0.449. The molecule has 0 spiro atoms. The van der Waals surface area contributed by atoms with Gasteiger partial charge in [0.05, 0.1) is 19.6 Å². The normalized spacial score (nSPS) is 23.9. The summed E-state index contributed by atoms with van der Waals surface area (Å²) in [5.41, 5.74) is 1.05. The Bertz CT molecular complexity index is 1080. The first kappa shape index (κ1) is 26.0. The van der Waals surface area contributed by atoms with Crippen LogP contribution < -0.4 is 4.74 Å². The van der Waals surface area contributed by atoms with E-state index in [0.717, 1.165) is 5.56 Å². The Balaban J connectivity index is 1.87. The topological polar surface area (TPSA) is 123 Å². The van der Waals surface area contributed by atoms with Gasteiger partial charge < -0.3 is 29.5 Å². The minimum Gasteiger partial charge on any atom is -0.507 e. The number of esters is 2. The predicted molar refractivity (Wildman–Crippen MR) is 129 cm³/mol. The second kappa shape index (κ2) is 12.2. The van der Waals surface area contributed by atoms with Gasteiger partial charge in [0.2, 0.25) is 0 Å². The molecule has 0 unspecified atom stereocenters. The Morgan fingerprint density at radius 2 is 1.86 bits per heavy atom. The smallest absolute Gasteiger partial charge is 0.342 e. The Morgan fingerprint density at radius 3 is 2.57 bits per heavy atom. The molecule has 0 aliphatic carbocycles. The Labute approximate surface area is 204 Å². The third-order valence-electron chi connectivity index (χ3n) is 5.52. The van der Waals surface area contributed by atoms with Crippen molar-refractivity contribution in [3.05, 3.63) is 77.4 Å². The van der Waals surface area contributed by atoms with Crippen LogP contribution in [-0.2, 0) is 20.7 Å². The number of ether oxygens (including phenoxy) is 3. The highest BCUT2D eigenvalue weighted by Crippen LogP contribution is 2.30. The number of phenolic OH excluding ortho intramolecular Hbond substituents is 1. The van der Waals surface area contributed by atoms with Gasteiger partial charge in [0.15, 0.2) is 6.10 Å². The maximum absolute atomic E-state index is 12.7. The number of phenols is 1. The summed E-state index contributed by atoms with van der Waals surface area (Å²) >= 11 is 0. The highest BCUT2D eigenvalue weighted by Gasteiger charge is 2.29. The second-order valence-electron chi connectivity index (χ2n) is 8.30. The summed E-state index contributed by atoms with van der Waals surface area (Å²) in [6.07, 6.45) is 2.02. The van der Waals surface area contributed by atoms with Gasteiger partial charge in [-0.1, -0.05) is 54.6 Å². The van der Waals surface area contributed by atoms with E-state index in [-0.39, 0.29) is 30.6 Å². The molecule has 0 fully saturated rings. The van der Waals surface area contributed by atoms with Crippen molar-refractivity contribution in [2.45, 2.75) is 50.6 Å². The monoisotopic (exact) mass is 482 g/mol. The number of carbonyl (C=O) groups excluding carboxylic acids is 2. The van der Waals surface area contributed by atoms with E-state index in [1.54, 1.807) is 49.4 Å². The van der Waals surface area contributed by atoms with Crippen molar-refractivity contribution < 1.29 is 39.1 Å². The van der Waals surface area contributed by atoms with Crippen molar-refractivity contribution in [2.75, 3.05) is 7.11 Å². The molecule has 1 aliphatic rings. The van der Waals surface area contributed by atoms with Gasteiger partial charge in [0.25, 0.3) is 0 Å². The SMILES string of the molecule is COc1cc(O)c2c(c1)C=CC[C@H](O)[C@H](OC(=O)Cc1ccccc1)[C@@H](O)/C=C/C[C@H](C)OC2=O. The molecule has 2 aromatic rings. The number of hydrogen-bond donors (Lipinski definition) is 3. The first-order valence-electron chi connectivity index (χ1n) is 11.3. The first-order chi connectivity index (χ1) is 16.8. The summed E-state index contributed by atoms with van der Waals surface area (Å²) in [4.78, 5) is 25.2. The number of benzene rings is 2. The zero-order valence-corrected chi connectivity index (χ0v) is 19.7. The van der Waals surface area contributed by atoms with Crippen LogP contribution in [0.3, 0.4) is 0 Å². The zero-order chi connectivity index (χ0) is 25.4. The molecule has 2 aromatic carbocycles. The molecule has 0 saturated carbocycles. The lowest BCUT2D eigenvalue weighted by atomic mass is 10.0.